The first-order valence-corrected chi connectivity index (χ1v) is 16.2. The molecule has 12 heteroatoms. The highest BCUT2D eigenvalue weighted by molar-refractivity contribution is 7.91. The Labute approximate surface area is 229 Å². The van der Waals surface area contributed by atoms with Gasteiger partial charge in [-0.15, -0.1) is 12.4 Å². The maximum atomic E-state index is 13.3. The minimum atomic E-state index is -3.50. The molecule has 0 radical (unpaired) electrons. The Kier molecular flexibility index (Phi) is 11.1. The molecule has 0 unspecified atom stereocenters. The number of fused-ring (bicyclic) bond motifs is 1. The van der Waals surface area contributed by atoms with Crippen molar-refractivity contribution in [1.29, 1.82) is 0 Å². The van der Waals surface area contributed by atoms with Crippen molar-refractivity contribution in [2.75, 3.05) is 43.1 Å². The van der Waals surface area contributed by atoms with E-state index in [0.29, 0.717) is 28.4 Å². The third-order valence-electron chi connectivity index (χ3n) is 6.02. The zero-order valence-corrected chi connectivity index (χ0v) is 24.8. The molecule has 0 atom stereocenters. The highest BCUT2D eigenvalue weighted by Gasteiger charge is 2.24. The molecule has 0 saturated carbocycles. The van der Waals surface area contributed by atoms with E-state index in [-0.39, 0.29) is 46.7 Å². The SMILES string of the molecule is CCN(CC)CCN(C(=O)CCCS(=O)(=O)c1ccc(C)cc1)c1nc2c(S(C)(=O)=O)cccc2s1.Cl. The number of likely N-dealkylation sites (N-methyl/N-ethyl adjacent to an activating group) is 1. The maximum absolute atomic E-state index is 13.3. The van der Waals surface area contributed by atoms with Crippen LogP contribution in [-0.4, -0.2) is 70.8 Å². The second kappa shape index (κ2) is 13.1. The average Bonchev–Trinajstić information content (AvgIpc) is 3.25. The Morgan fingerprint density at radius 2 is 1.62 bits per heavy atom. The fourth-order valence-corrected chi connectivity index (χ4v) is 7.09. The minimum absolute atomic E-state index is 0. The van der Waals surface area contributed by atoms with Gasteiger partial charge in [0.1, 0.15) is 5.52 Å². The van der Waals surface area contributed by atoms with Gasteiger partial charge in [-0.25, -0.2) is 21.8 Å². The first-order chi connectivity index (χ1) is 17.0. The quantitative estimate of drug-likeness (QED) is 0.310. The van der Waals surface area contributed by atoms with E-state index in [1.807, 2.05) is 20.8 Å². The number of rotatable bonds is 12. The van der Waals surface area contributed by atoms with Crippen LogP contribution in [0.15, 0.2) is 52.3 Å². The summed E-state index contributed by atoms with van der Waals surface area (Å²) >= 11 is 1.26. The topological polar surface area (TPSA) is 105 Å². The molecular weight excluding hydrogens is 554 g/mol. The lowest BCUT2D eigenvalue weighted by Crippen LogP contribution is -2.39. The van der Waals surface area contributed by atoms with E-state index in [9.17, 15) is 21.6 Å². The van der Waals surface area contributed by atoms with E-state index in [1.54, 1.807) is 41.3 Å². The van der Waals surface area contributed by atoms with E-state index in [1.165, 1.54) is 17.4 Å². The highest BCUT2D eigenvalue weighted by atomic mass is 35.5. The molecule has 2 aromatic carbocycles. The van der Waals surface area contributed by atoms with Crippen molar-refractivity contribution in [2.24, 2.45) is 0 Å². The summed E-state index contributed by atoms with van der Waals surface area (Å²) in [5.41, 5.74) is 1.32. The summed E-state index contributed by atoms with van der Waals surface area (Å²) in [7, 11) is -6.99. The summed E-state index contributed by atoms with van der Waals surface area (Å²) in [4.78, 5) is 22.0. The van der Waals surface area contributed by atoms with Gasteiger partial charge in [0.25, 0.3) is 0 Å². The molecule has 3 aromatic rings. The monoisotopic (exact) mass is 587 g/mol. The largest absolute Gasteiger partial charge is 0.302 e. The van der Waals surface area contributed by atoms with Crippen molar-refractivity contribution in [3.8, 4) is 0 Å². The number of hydrogen-bond donors (Lipinski definition) is 0. The molecule has 0 saturated heterocycles. The molecule has 1 heterocycles. The lowest BCUT2D eigenvalue weighted by Gasteiger charge is -2.24. The second-order valence-electron chi connectivity index (χ2n) is 8.68. The summed E-state index contributed by atoms with van der Waals surface area (Å²) in [5.74, 6) is -0.370. The number of sulfone groups is 2. The zero-order chi connectivity index (χ0) is 26.5. The van der Waals surface area contributed by atoms with Crippen LogP contribution in [0.5, 0.6) is 0 Å². The number of carbonyl (C=O) groups is 1. The number of benzene rings is 2. The fraction of sp³-hybridized carbons (Fsp3) is 0.440. The molecular formula is C25H34ClN3O5S3. The van der Waals surface area contributed by atoms with Crippen LogP contribution in [0.25, 0.3) is 10.2 Å². The molecule has 0 aliphatic heterocycles. The molecule has 8 nitrogen and oxygen atoms in total. The van der Waals surface area contributed by atoms with Gasteiger partial charge in [0.2, 0.25) is 5.91 Å². The average molecular weight is 588 g/mol. The molecule has 204 valence electrons. The second-order valence-corrected chi connectivity index (χ2v) is 13.8. The number of anilines is 1. The lowest BCUT2D eigenvalue weighted by molar-refractivity contribution is -0.118. The van der Waals surface area contributed by atoms with Crippen molar-refractivity contribution in [3.05, 3.63) is 48.0 Å². The number of aryl methyl sites for hydroxylation is 1. The van der Waals surface area contributed by atoms with Crippen molar-refractivity contribution in [3.63, 3.8) is 0 Å². The predicted octanol–water partition coefficient (Wildman–Crippen LogP) is 4.36. The Morgan fingerprint density at radius 1 is 0.973 bits per heavy atom. The van der Waals surface area contributed by atoms with Crippen LogP contribution in [0, 0.1) is 6.92 Å². The number of hydrogen-bond acceptors (Lipinski definition) is 8. The summed E-state index contributed by atoms with van der Waals surface area (Å²) in [6.45, 7) is 8.62. The van der Waals surface area contributed by atoms with Crippen LogP contribution >= 0.6 is 23.7 Å². The molecule has 3 rings (SSSR count). The van der Waals surface area contributed by atoms with Crippen LogP contribution in [0.2, 0.25) is 0 Å². The third kappa shape index (κ3) is 7.97. The number of thiazole rings is 1. The third-order valence-corrected chi connectivity index (χ3v) is 10.0. The van der Waals surface area contributed by atoms with E-state index in [4.69, 9.17) is 0 Å². The standard InChI is InChI=1S/C25H33N3O5S3.ClH/c1-5-27(6-2)16-17-28(25-26-24-21(34-25)9-7-10-22(24)35(4,30)31)23(29)11-8-18-36(32,33)20-14-12-19(3)13-15-20;/h7,9-10,12-15H,5-6,8,11,16-18H2,1-4H3;1H. The Morgan fingerprint density at radius 3 is 2.22 bits per heavy atom. The number of aromatic nitrogens is 1. The number of amides is 1. The normalized spacial score (nSPS) is 12.0. The molecule has 1 aromatic heterocycles. The molecule has 0 bridgehead atoms. The predicted molar refractivity (Wildman–Crippen MR) is 153 cm³/mol. The van der Waals surface area contributed by atoms with Gasteiger partial charge in [-0.3, -0.25) is 9.69 Å². The van der Waals surface area contributed by atoms with E-state index in [0.717, 1.165) is 24.9 Å². The van der Waals surface area contributed by atoms with Crippen molar-refractivity contribution < 1.29 is 21.6 Å². The Hall–Kier alpha value is -2.05. The van der Waals surface area contributed by atoms with E-state index in [2.05, 4.69) is 9.88 Å². The van der Waals surface area contributed by atoms with E-state index < -0.39 is 19.7 Å². The highest BCUT2D eigenvalue weighted by Crippen LogP contribution is 2.33. The summed E-state index contributed by atoms with van der Waals surface area (Å²) in [6.07, 6.45) is 1.35. The van der Waals surface area contributed by atoms with Gasteiger partial charge in [0.05, 0.1) is 20.2 Å². The van der Waals surface area contributed by atoms with Crippen LogP contribution in [0.3, 0.4) is 0 Å². The van der Waals surface area contributed by atoms with Gasteiger partial charge in [0.15, 0.2) is 24.8 Å². The number of halogens is 1. The number of para-hydroxylation sites is 1. The zero-order valence-electron chi connectivity index (χ0n) is 21.5. The van der Waals surface area contributed by atoms with Gasteiger partial charge in [-0.2, -0.15) is 0 Å². The summed E-state index contributed by atoms with van der Waals surface area (Å²) < 4.78 is 50.6. The summed E-state index contributed by atoms with van der Waals surface area (Å²) in [5, 5.41) is 0.416. The molecule has 0 fully saturated rings. The van der Waals surface area contributed by atoms with Crippen molar-refractivity contribution >= 4 is 64.7 Å². The molecule has 0 N–H and O–H groups in total. The molecule has 37 heavy (non-hydrogen) atoms. The molecule has 0 aliphatic rings. The fourth-order valence-electron chi connectivity index (χ4n) is 3.85. The first-order valence-electron chi connectivity index (χ1n) is 11.9. The van der Waals surface area contributed by atoms with Gasteiger partial charge in [0, 0.05) is 25.8 Å². The van der Waals surface area contributed by atoms with Crippen LogP contribution in [0.4, 0.5) is 5.13 Å². The van der Waals surface area contributed by atoms with Crippen LogP contribution in [0.1, 0.15) is 32.3 Å². The molecule has 0 aliphatic carbocycles. The maximum Gasteiger partial charge on any atom is 0.228 e. The summed E-state index contributed by atoms with van der Waals surface area (Å²) in [6, 6.07) is 11.6. The Balaban J connectivity index is 0.00000481. The molecule has 0 spiro atoms. The smallest absolute Gasteiger partial charge is 0.228 e. The first kappa shape index (κ1) is 31.2. The van der Waals surface area contributed by atoms with Crippen molar-refractivity contribution in [1.82, 2.24) is 9.88 Å². The van der Waals surface area contributed by atoms with Crippen molar-refractivity contribution in [2.45, 2.75) is 43.4 Å². The van der Waals surface area contributed by atoms with Crippen LogP contribution < -0.4 is 4.90 Å². The Bertz CT molecular complexity index is 1420. The number of nitrogens with zero attached hydrogens (tertiary/aromatic N) is 3. The minimum Gasteiger partial charge on any atom is -0.302 e. The van der Waals surface area contributed by atoms with Gasteiger partial charge >= 0.3 is 0 Å². The van der Waals surface area contributed by atoms with Gasteiger partial charge in [-0.1, -0.05) is 48.9 Å². The van der Waals surface area contributed by atoms with Gasteiger partial charge in [-0.05, 0) is 50.7 Å². The number of carbonyl (C=O) groups excluding carboxylic acids is 1. The van der Waals surface area contributed by atoms with Crippen LogP contribution in [-0.2, 0) is 24.5 Å². The molecule has 1 amide bonds. The van der Waals surface area contributed by atoms with Gasteiger partial charge < -0.3 is 4.90 Å². The lowest BCUT2D eigenvalue weighted by atomic mass is 10.2. The van der Waals surface area contributed by atoms with E-state index >= 15 is 0 Å².